The third-order valence-corrected chi connectivity index (χ3v) is 5.56. The van der Waals surface area contributed by atoms with E-state index < -0.39 is 10.1 Å². The maximum absolute atomic E-state index is 12.0. The lowest BCUT2D eigenvalue weighted by molar-refractivity contribution is 0.0815. The third kappa shape index (κ3) is 4.04. The zero-order valence-corrected chi connectivity index (χ0v) is 14.4. The first kappa shape index (κ1) is 16.3. The van der Waals surface area contributed by atoms with Crippen molar-refractivity contribution in [2.24, 2.45) is 0 Å². The van der Waals surface area contributed by atoms with Gasteiger partial charge < -0.3 is 9.47 Å². The van der Waals surface area contributed by atoms with E-state index in [9.17, 15) is 8.42 Å². The molecule has 5 nitrogen and oxygen atoms in total. The van der Waals surface area contributed by atoms with E-state index >= 15 is 0 Å². The Morgan fingerprint density at radius 1 is 1.22 bits per heavy atom. The molecular weight excluding hydrogens is 336 g/mol. The van der Waals surface area contributed by atoms with Crippen molar-refractivity contribution in [3.63, 3.8) is 0 Å². The minimum absolute atomic E-state index is 0.0669. The van der Waals surface area contributed by atoms with Crippen LogP contribution in [0.1, 0.15) is 18.4 Å². The SMILES string of the molecule is Cc1ccc(S(=O)(=O)OCCCC2COc3cscc3O2)cc1. The smallest absolute Gasteiger partial charge is 0.296 e. The van der Waals surface area contributed by atoms with Crippen molar-refractivity contribution in [1.82, 2.24) is 0 Å². The molecule has 0 bridgehead atoms. The molecule has 0 N–H and O–H groups in total. The van der Waals surface area contributed by atoms with Gasteiger partial charge in [0.2, 0.25) is 0 Å². The highest BCUT2D eigenvalue weighted by atomic mass is 32.2. The second-order valence-corrected chi connectivity index (χ2v) is 7.74. The van der Waals surface area contributed by atoms with Crippen molar-refractivity contribution in [1.29, 1.82) is 0 Å². The quantitative estimate of drug-likeness (QED) is 0.588. The van der Waals surface area contributed by atoms with Crippen LogP contribution in [0, 0.1) is 6.92 Å². The second kappa shape index (κ2) is 6.90. The predicted octanol–water partition coefficient (Wildman–Crippen LogP) is 3.38. The van der Waals surface area contributed by atoms with Crippen molar-refractivity contribution >= 4 is 21.5 Å². The molecule has 3 rings (SSSR count). The lowest BCUT2D eigenvalue weighted by Crippen LogP contribution is -2.28. The van der Waals surface area contributed by atoms with Crippen LogP contribution in [-0.2, 0) is 14.3 Å². The first-order valence-electron chi connectivity index (χ1n) is 7.36. The summed E-state index contributed by atoms with van der Waals surface area (Å²) in [6.07, 6.45) is 1.19. The highest BCUT2D eigenvalue weighted by molar-refractivity contribution is 7.86. The average Bonchev–Trinajstić information content (AvgIpc) is 3.00. The second-order valence-electron chi connectivity index (χ2n) is 5.38. The zero-order chi connectivity index (χ0) is 16.3. The summed E-state index contributed by atoms with van der Waals surface area (Å²) >= 11 is 1.53. The lowest BCUT2D eigenvalue weighted by atomic mass is 10.2. The minimum Gasteiger partial charge on any atom is -0.485 e. The fourth-order valence-electron chi connectivity index (χ4n) is 2.26. The third-order valence-electron chi connectivity index (χ3n) is 3.53. The van der Waals surface area contributed by atoms with E-state index in [0.717, 1.165) is 17.1 Å². The maximum Gasteiger partial charge on any atom is 0.296 e. The summed E-state index contributed by atoms with van der Waals surface area (Å²) in [4.78, 5) is 0.184. The van der Waals surface area contributed by atoms with E-state index in [1.807, 2.05) is 17.7 Å². The first-order chi connectivity index (χ1) is 11.0. The lowest BCUT2D eigenvalue weighted by Gasteiger charge is -2.24. The number of ether oxygens (including phenoxy) is 2. The Balaban J connectivity index is 1.46. The normalized spacial score (nSPS) is 17.2. The number of thiophene rings is 1. The fraction of sp³-hybridized carbons (Fsp3) is 0.375. The van der Waals surface area contributed by atoms with Crippen LogP contribution < -0.4 is 9.47 Å². The molecule has 1 unspecified atom stereocenters. The molecule has 1 atom stereocenters. The molecule has 2 heterocycles. The standard InChI is InChI=1S/C16H18O5S2/c1-12-4-6-14(7-5-12)23(17,18)20-8-2-3-13-9-19-15-10-22-11-16(15)21-13/h4-7,10-11,13H,2-3,8-9H2,1H3. The number of benzene rings is 1. The van der Waals surface area contributed by atoms with E-state index in [0.29, 0.717) is 19.4 Å². The molecule has 0 spiro atoms. The highest BCUT2D eigenvalue weighted by Gasteiger charge is 2.22. The summed E-state index contributed by atoms with van der Waals surface area (Å²) in [6, 6.07) is 6.62. The van der Waals surface area contributed by atoms with Crippen molar-refractivity contribution in [2.75, 3.05) is 13.2 Å². The zero-order valence-electron chi connectivity index (χ0n) is 12.7. The van der Waals surface area contributed by atoms with Crippen molar-refractivity contribution in [2.45, 2.75) is 30.8 Å². The topological polar surface area (TPSA) is 61.8 Å². The Kier molecular flexibility index (Phi) is 4.89. The molecule has 23 heavy (non-hydrogen) atoms. The van der Waals surface area contributed by atoms with Gasteiger partial charge in [0.1, 0.15) is 12.7 Å². The van der Waals surface area contributed by atoms with Gasteiger partial charge in [0.05, 0.1) is 11.5 Å². The molecule has 1 aromatic heterocycles. The summed E-state index contributed by atoms with van der Waals surface area (Å²) in [5.41, 5.74) is 1.01. The van der Waals surface area contributed by atoms with Gasteiger partial charge >= 0.3 is 0 Å². The monoisotopic (exact) mass is 354 g/mol. The van der Waals surface area contributed by atoms with Crippen molar-refractivity contribution in [3.05, 3.63) is 40.6 Å². The molecule has 0 aliphatic carbocycles. The van der Waals surface area contributed by atoms with Gasteiger partial charge in [0, 0.05) is 10.8 Å². The Morgan fingerprint density at radius 3 is 2.74 bits per heavy atom. The van der Waals surface area contributed by atoms with E-state index in [1.54, 1.807) is 24.3 Å². The van der Waals surface area contributed by atoms with Gasteiger partial charge in [-0.05, 0) is 31.9 Å². The molecule has 1 aliphatic heterocycles. The van der Waals surface area contributed by atoms with Gasteiger partial charge in [0.15, 0.2) is 11.5 Å². The van der Waals surface area contributed by atoms with Gasteiger partial charge in [-0.1, -0.05) is 17.7 Å². The summed E-state index contributed by atoms with van der Waals surface area (Å²) in [7, 11) is -3.69. The molecule has 1 aliphatic rings. The Hall–Kier alpha value is -1.57. The number of aryl methyl sites for hydroxylation is 1. The van der Waals surface area contributed by atoms with E-state index in [4.69, 9.17) is 13.7 Å². The maximum atomic E-state index is 12.0. The molecule has 0 saturated carbocycles. The molecule has 0 fully saturated rings. The van der Waals surface area contributed by atoms with Crippen LogP contribution in [0.5, 0.6) is 11.5 Å². The molecule has 0 saturated heterocycles. The van der Waals surface area contributed by atoms with E-state index in [2.05, 4.69) is 0 Å². The first-order valence-corrected chi connectivity index (χ1v) is 9.71. The van der Waals surface area contributed by atoms with Crippen LogP contribution in [-0.4, -0.2) is 27.7 Å². The molecule has 0 radical (unpaired) electrons. The van der Waals surface area contributed by atoms with Gasteiger partial charge in [-0.15, -0.1) is 11.3 Å². The van der Waals surface area contributed by atoms with Crippen molar-refractivity contribution in [3.8, 4) is 11.5 Å². The minimum atomic E-state index is -3.69. The van der Waals surface area contributed by atoms with Crippen molar-refractivity contribution < 1.29 is 22.1 Å². The Morgan fingerprint density at radius 2 is 1.96 bits per heavy atom. The Bertz CT molecular complexity index is 749. The molecule has 7 heteroatoms. The van der Waals surface area contributed by atoms with Crippen LogP contribution in [0.4, 0.5) is 0 Å². The summed E-state index contributed by atoms with van der Waals surface area (Å²) < 4.78 is 40.5. The van der Waals surface area contributed by atoms with Gasteiger partial charge in [-0.2, -0.15) is 8.42 Å². The van der Waals surface area contributed by atoms with Crippen LogP contribution in [0.3, 0.4) is 0 Å². The number of rotatable bonds is 6. The molecule has 124 valence electrons. The number of hydrogen-bond acceptors (Lipinski definition) is 6. The molecule has 2 aromatic rings. The highest BCUT2D eigenvalue weighted by Crippen LogP contribution is 2.35. The van der Waals surface area contributed by atoms with Gasteiger partial charge in [0.25, 0.3) is 10.1 Å². The molecule has 0 amide bonds. The number of fused-ring (bicyclic) bond motifs is 1. The van der Waals surface area contributed by atoms with Gasteiger partial charge in [-0.25, -0.2) is 0 Å². The number of hydrogen-bond donors (Lipinski definition) is 0. The van der Waals surface area contributed by atoms with Crippen LogP contribution in [0.25, 0.3) is 0 Å². The summed E-state index contributed by atoms with van der Waals surface area (Å²) in [5, 5.41) is 3.81. The van der Waals surface area contributed by atoms with Crippen LogP contribution >= 0.6 is 11.3 Å². The molecular formula is C16H18O5S2. The predicted molar refractivity (Wildman–Crippen MR) is 87.8 cm³/mol. The summed E-state index contributed by atoms with van der Waals surface area (Å²) in [6.45, 7) is 2.52. The van der Waals surface area contributed by atoms with E-state index in [1.165, 1.54) is 11.3 Å². The van der Waals surface area contributed by atoms with Crippen LogP contribution in [0.15, 0.2) is 39.9 Å². The molecule has 1 aromatic carbocycles. The van der Waals surface area contributed by atoms with E-state index in [-0.39, 0.29) is 17.6 Å². The van der Waals surface area contributed by atoms with Gasteiger partial charge in [-0.3, -0.25) is 4.18 Å². The summed E-state index contributed by atoms with van der Waals surface area (Å²) in [5.74, 6) is 1.55. The fourth-order valence-corrected chi connectivity index (χ4v) is 3.87. The Labute approximate surface area is 139 Å². The average molecular weight is 354 g/mol. The van der Waals surface area contributed by atoms with Crippen LogP contribution in [0.2, 0.25) is 0 Å². The largest absolute Gasteiger partial charge is 0.485 e.